The summed E-state index contributed by atoms with van der Waals surface area (Å²) in [5.74, 6) is 1.56. The molecule has 1 N–H and O–H groups in total. The van der Waals surface area contributed by atoms with Crippen LogP contribution in [0.1, 0.15) is 13.3 Å². The standard InChI is InChI=1S/C12H21N5O2/c1-4-13-10-14-11(17(2)3)16-12(15-10)19-8-9-5-6-18-7-9/h9H,4-8H2,1-3H3,(H,13,14,15,16). The normalized spacial score (nSPS) is 18.4. The van der Waals surface area contributed by atoms with E-state index in [0.717, 1.165) is 26.2 Å². The number of rotatable bonds is 6. The van der Waals surface area contributed by atoms with Gasteiger partial charge in [0, 0.05) is 33.2 Å². The van der Waals surface area contributed by atoms with E-state index < -0.39 is 0 Å². The Labute approximate surface area is 113 Å². The third-order valence-electron chi connectivity index (χ3n) is 2.81. The van der Waals surface area contributed by atoms with Gasteiger partial charge in [0.2, 0.25) is 11.9 Å². The number of hydrogen-bond donors (Lipinski definition) is 1. The fraction of sp³-hybridized carbons (Fsp3) is 0.750. The van der Waals surface area contributed by atoms with Gasteiger partial charge in [-0.05, 0) is 13.3 Å². The lowest BCUT2D eigenvalue weighted by Crippen LogP contribution is -2.18. The first-order valence-corrected chi connectivity index (χ1v) is 6.57. The monoisotopic (exact) mass is 267 g/mol. The minimum absolute atomic E-state index is 0.363. The number of ether oxygens (including phenoxy) is 2. The molecule has 7 heteroatoms. The molecule has 0 aromatic carbocycles. The van der Waals surface area contributed by atoms with Crippen LogP contribution in [-0.2, 0) is 4.74 Å². The first-order valence-electron chi connectivity index (χ1n) is 6.57. The predicted octanol–water partition coefficient (Wildman–Crippen LogP) is 0.785. The molecule has 0 aliphatic carbocycles. The average molecular weight is 267 g/mol. The van der Waals surface area contributed by atoms with Crippen LogP contribution in [0, 0.1) is 5.92 Å². The van der Waals surface area contributed by atoms with E-state index in [1.165, 1.54) is 0 Å². The number of anilines is 2. The molecule has 0 amide bonds. The summed E-state index contributed by atoms with van der Waals surface area (Å²) in [4.78, 5) is 14.6. The van der Waals surface area contributed by atoms with Crippen LogP contribution in [0.25, 0.3) is 0 Å². The number of hydrogen-bond acceptors (Lipinski definition) is 7. The van der Waals surface area contributed by atoms with E-state index in [0.29, 0.717) is 30.4 Å². The maximum Gasteiger partial charge on any atom is 0.323 e. The molecule has 1 unspecified atom stereocenters. The molecule has 0 spiro atoms. The van der Waals surface area contributed by atoms with Crippen molar-refractivity contribution in [2.75, 3.05) is 50.7 Å². The van der Waals surface area contributed by atoms with Gasteiger partial charge >= 0.3 is 6.01 Å². The van der Waals surface area contributed by atoms with Gasteiger partial charge in [0.05, 0.1) is 13.2 Å². The molecule has 1 aromatic heterocycles. The average Bonchev–Trinajstić information content (AvgIpc) is 2.89. The van der Waals surface area contributed by atoms with Gasteiger partial charge in [-0.2, -0.15) is 15.0 Å². The van der Waals surface area contributed by atoms with E-state index in [-0.39, 0.29) is 0 Å². The van der Waals surface area contributed by atoms with Crippen molar-refractivity contribution in [1.29, 1.82) is 0 Å². The Morgan fingerprint density at radius 3 is 2.84 bits per heavy atom. The zero-order valence-electron chi connectivity index (χ0n) is 11.7. The van der Waals surface area contributed by atoms with Crippen molar-refractivity contribution < 1.29 is 9.47 Å². The van der Waals surface area contributed by atoms with Crippen LogP contribution < -0.4 is 15.0 Å². The highest BCUT2D eigenvalue weighted by Gasteiger charge is 2.17. The van der Waals surface area contributed by atoms with Crippen molar-refractivity contribution in [2.24, 2.45) is 5.92 Å². The summed E-state index contributed by atoms with van der Waals surface area (Å²) in [7, 11) is 3.78. The molecule has 1 aliphatic heterocycles. The molecule has 1 atom stereocenters. The summed E-state index contributed by atoms with van der Waals surface area (Å²) in [6.45, 7) is 4.91. The van der Waals surface area contributed by atoms with Gasteiger partial charge in [-0.3, -0.25) is 0 Å². The molecular formula is C12H21N5O2. The van der Waals surface area contributed by atoms with E-state index in [9.17, 15) is 0 Å². The van der Waals surface area contributed by atoms with Crippen LogP contribution in [0.4, 0.5) is 11.9 Å². The fourth-order valence-electron chi connectivity index (χ4n) is 1.75. The minimum atomic E-state index is 0.363. The summed E-state index contributed by atoms with van der Waals surface area (Å²) in [6.07, 6.45) is 1.03. The molecule has 0 radical (unpaired) electrons. The molecule has 106 valence electrons. The summed E-state index contributed by atoms with van der Waals surface area (Å²) in [5, 5.41) is 3.08. The van der Waals surface area contributed by atoms with Gasteiger partial charge in [-0.15, -0.1) is 0 Å². The third-order valence-corrected chi connectivity index (χ3v) is 2.81. The zero-order valence-corrected chi connectivity index (χ0v) is 11.7. The smallest absolute Gasteiger partial charge is 0.323 e. The molecule has 2 rings (SSSR count). The zero-order chi connectivity index (χ0) is 13.7. The Bertz CT molecular complexity index is 407. The van der Waals surface area contributed by atoms with E-state index in [2.05, 4.69) is 20.3 Å². The maximum absolute atomic E-state index is 5.66. The van der Waals surface area contributed by atoms with Crippen molar-refractivity contribution >= 4 is 11.9 Å². The lowest BCUT2D eigenvalue weighted by Gasteiger charge is -2.14. The van der Waals surface area contributed by atoms with Gasteiger partial charge in [0.25, 0.3) is 0 Å². The molecule has 1 aromatic rings. The Morgan fingerprint density at radius 1 is 1.37 bits per heavy atom. The summed E-state index contributed by atoms with van der Waals surface area (Å²) < 4.78 is 11.0. The van der Waals surface area contributed by atoms with Crippen LogP contribution in [0.15, 0.2) is 0 Å². The second-order valence-electron chi connectivity index (χ2n) is 4.71. The topological polar surface area (TPSA) is 72.4 Å². The Hall–Kier alpha value is -1.63. The molecule has 19 heavy (non-hydrogen) atoms. The second kappa shape index (κ2) is 6.51. The summed E-state index contributed by atoms with van der Waals surface area (Å²) in [5.41, 5.74) is 0. The van der Waals surface area contributed by atoms with Gasteiger partial charge in [0.15, 0.2) is 0 Å². The highest BCUT2D eigenvalue weighted by atomic mass is 16.5. The summed E-state index contributed by atoms with van der Waals surface area (Å²) in [6, 6.07) is 0.363. The highest BCUT2D eigenvalue weighted by Crippen LogP contribution is 2.16. The highest BCUT2D eigenvalue weighted by molar-refractivity contribution is 5.36. The molecule has 1 aliphatic rings. The van der Waals surface area contributed by atoms with Gasteiger partial charge in [-0.25, -0.2) is 0 Å². The third kappa shape index (κ3) is 3.92. The Balaban J connectivity index is 2.04. The first-order chi connectivity index (χ1) is 9.19. The van der Waals surface area contributed by atoms with E-state index in [1.807, 2.05) is 25.9 Å². The van der Waals surface area contributed by atoms with Crippen molar-refractivity contribution in [1.82, 2.24) is 15.0 Å². The SMILES string of the molecule is CCNc1nc(OCC2CCOC2)nc(N(C)C)n1. The van der Waals surface area contributed by atoms with E-state index >= 15 is 0 Å². The number of nitrogens with one attached hydrogen (secondary N) is 1. The van der Waals surface area contributed by atoms with Crippen LogP contribution in [0.2, 0.25) is 0 Å². The van der Waals surface area contributed by atoms with Gasteiger partial charge in [-0.1, -0.05) is 0 Å². The Morgan fingerprint density at radius 2 is 2.21 bits per heavy atom. The predicted molar refractivity (Wildman–Crippen MR) is 72.7 cm³/mol. The molecule has 2 heterocycles. The first kappa shape index (κ1) is 13.8. The van der Waals surface area contributed by atoms with Crippen LogP contribution in [0.3, 0.4) is 0 Å². The van der Waals surface area contributed by atoms with Crippen LogP contribution >= 0.6 is 0 Å². The lowest BCUT2D eigenvalue weighted by molar-refractivity contribution is 0.163. The van der Waals surface area contributed by atoms with E-state index in [4.69, 9.17) is 9.47 Å². The number of aromatic nitrogens is 3. The molecule has 1 fully saturated rings. The Kier molecular flexibility index (Phi) is 4.73. The number of nitrogens with zero attached hydrogens (tertiary/aromatic N) is 4. The van der Waals surface area contributed by atoms with Gasteiger partial charge in [0.1, 0.15) is 0 Å². The second-order valence-corrected chi connectivity index (χ2v) is 4.71. The van der Waals surface area contributed by atoms with Crippen LogP contribution in [-0.4, -0.2) is 55.4 Å². The molecule has 7 nitrogen and oxygen atoms in total. The molecular weight excluding hydrogens is 246 g/mol. The largest absolute Gasteiger partial charge is 0.463 e. The van der Waals surface area contributed by atoms with Crippen molar-refractivity contribution in [3.8, 4) is 6.01 Å². The van der Waals surface area contributed by atoms with Crippen molar-refractivity contribution in [2.45, 2.75) is 13.3 Å². The van der Waals surface area contributed by atoms with E-state index in [1.54, 1.807) is 0 Å². The fourth-order valence-corrected chi connectivity index (χ4v) is 1.75. The minimum Gasteiger partial charge on any atom is -0.463 e. The molecule has 0 saturated carbocycles. The lowest BCUT2D eigenvalue weighted by atomic mass is 10.1. The van der Waals surface area contributed by atoms with Crippen LogP contribution in [0.5, 0.6) is 6.01 Å². The maximum atomic E-state index is 5.66. The quantitative estimate of drug-likeness (QED) is 0.816. The van der Waals surface area contributed by atoms with Crippen molar-refractivity contribution in [3.63, 3.8) is 0 Å². The van der Waals surface area contributed by atoms with Crippen molar-refractivity contribution in [3.05, 3.63) is 0 Å². The summed E-state index contributed by atoms with van der Waals surface area (Å²) >= 11 is 0. The molecule has 0 bridgehead atoms. The van der Waals surface area contributed by atoms with Gasteiger partial charge < -0.3 is 19.7 Å². The molecule has 1 saturated heterocycles.